The highest BCUT2D eigenvalue weighted by atomic mass is 15.4. The van der Waals surface area contributed by atoms with Crippen molar-refractivity contribution in [2.24, 2.45) is 5.73 Å². The Morgan fingerprint density at radius 3 is 3.00 bits per heavy atom. The van der Waals surface area contributed by atoms with Crippen LogP contribution in [0.3, 0.4) is 0 Å². The van der Waals surface area contributed by atoms with Gasteiger partial charge in [-0.2, -0.15) is 0 Å². The number of nitrogens with zero attached hydrogens (tertiary/aromatic N) is 3. The molecule has 1 aliphatic carbocycles. The maximum atomic E-state index is 5.52. The van der Waals surface area contributed by atoms with Gasteiger partial charge in [0, 0.05) is 5.92 Å². The van der Waals surface area contributed by atoms with E-state index in [1.807, 2.05) is 6.92 Å². The van der Waals surface area contributed by atoms with Gasteiger partial charge in [0.15, 0.2) is 0 Å². The second kappa shape index (κ2) is 3.75. The minimum atomic E-state index is 0.361. The highest BCUT2D eigenvalue weighted by Crippen LogP contribution is 2.24. The molecular weight excluding hydrogens is 176 g/mol. The molecule has 2 N–H and O–H groups in total. The van der Waals surface area contributed by atoms with Crippen LogP contribution >= 0.6 is 0 Å². The molecule has 0 amide bonds. The van der Waals surface area contributed by atoms with Crippen LogP contribution in [-0.2, 0) is 6.67 Å². The molecule has 4 nitrogen and oxygen atoms in total. The lowest BCUT2D eigenvalue weighted by atomic mass is 9.96. The number of allylic oxidation sites excluding steroid dienone is 4. The Hall–Kier alpha value is -1.42. The van der Waals surface area contributed by atoms with Crippen molar-refractivity contribution in [3.8, 4) is 0 Å². The fraction of sp³-hybridized carbons (Fsp3) is 0.400. The molecule has 0 radical (unpaired) electrons. The molecule has 1 atom stereocenters. The van der Waals surface area contributed by atoms with E-state index >= 15 is 0 Å². The SMILES string of the molecule is Cc1c(C2C=CC=CC2)nnn1CN. The Morgan fingerprint density at radius 1 is 1.57 bits per heavy atom. The number of rotatable bonds is 2. The van der Waals surface area contributed by atoms with Crippen molar-refractivity contribution in [1.82, 2.24) is 15.0 Å². The smallest absolute Gasteiger partial charge is 0.0928 e. The highest BCUT2D eigenvalue weighted by Gasteiger charge is 2.16. The molecule has 1 heterocycles. The van der Waals surface area contributed by atoms with Crippen molar-refractivity contribution < 1.29 is 0 Å². The third-order valence-corrected chi connectivity index (χ3v) is 2.52. The molecule has 0 bridgehead atoms. The summed E-state index contributed by atoms with van der Waals surface area (Å²) in [7, 11) is 0. The molecule has 0 saturated heterocycles. The normalized spacial score (nSPS) is 20.3. The third kappa shape index (κ3) is 1.48. The zero-order valence-electron chi connectivity index (χ0n) is 8.22. The fourth-order valence-electron chi connectivity index (χ4n) is 1.67. The standard InChI is InChI=1S/C10H14N4/c1-8-10(12-13-14(8)7-11)9-5-3-2-4-6-9/h2-5,9H,6-7,11H2,1H3. The molecule has 1 aromatic rings. The van der Waals surface area contributed by atoms with E-state index in [1.165, 1.54) is 0 Å². The predicted molar refractivity (Wildman–Crippen MR) is 54.6 cm³/mol. The van der Waals surface area contributed by atoms with E-state index in [0.717, 1.165) is 17.8 Å². The maximum Gasteiger partial charge on any atom is 0.0928 e. The van der Waals surface area contributed by atoms with Crippen molar-refractivity contribution in [2.45, 2.75) is 25.9 Å². The summed E-state index contributed by atoms with van der Waals surface area (Å²) in [6, 6.07) is 0. The average Bonchev–Trinajstić information content (AvgIpc) is 2.61. The summed E-state index contributed by atoms with van der Waals surface area (Å²) in [6.45, 7) is 2.40. The van der Waals surface area contributed by atoms with Crippen molar-refractivity contribution in [2.75, 3.05) is 0 Å². The lowest BCUT2D eigenvalue weighted by Crippen LogP contribution is -2.10. The molecule has 74 valence electrons. The lowest BCUT2D eigenvalue weighted by molar-refractivity contribution is 0.594. The predicted octanol–water partition coefficient (Wildman–Crippen LogP) is 1.10. The van der Waals surface area contributed by atoms with Crippen LogP contribution in [0.25, 0.3) is 0 Å². The molecule has 1 unspecified atom stereocenters. The van der Waals surface area contributed by atoms with Crippen LogP contribution < -0.4 is 5.73 Å². The van der Waals surface area contributed by atoms with Crippen LogP contribution in [-0.4, -0.2) is 15.0 Å². The second-order valence-electron chi connectivity index (χ2n) is 3.40. The van der Waals surface area contributed by atoms with Gasteiger partial charge >= 0.3 is 0 Å². The third-order valence-electron chi connectivity index (χ3n) is 2.52. The Labute approximate surface area is 83.1 Å². The van der Waals surface area contributed by atoms with Gasteiger partial charge in [-0.3, -0.25) is 0 Å². The topological polar surface area (TPSA) is 56.7 Å². The zero-order chi connectivity index (χ0) is 9.97. The van der Waals surface area contributed by atoms with Crippen molar-refractivity contribution >= 4 is 0 Å². The first-order valence-electron chi connectivity index (χ1n) is 4.76. The first kappa shape index (κ1) is 9.15. The van der Waals surface area contributed by atoms with E-state index in [1.54, 1.807) is 4.68 Å². The monoisotopic (exact) mass is 190 g/mol. The van der Waals surface area contributed by atoms with Crippen LogP contribution in [0.5, 0.6) is 0 Å². The van der Waals surface area contributed by atoms with Gasteiger partial charge in [0.2, 0.25) is 0 Å². The first-order chi connectivity index (χ1) is 6.83. The van der Waals surface area contributed by atoms with Crippen LogP contribution in [0.15, 0.2) is 24.3 Å². The molecule has 1 aromatic heterocycles. The van der Waals surface area contributed by atoms with Crippen LogP contribution in [0, 0.1) is 6.92 Å². The van der Waals surface area contributed by atoms with E-state index in [4.69, 9.17) is 5.73 Å². The van der Waals surface area contributed by atoms with Gasteiger partial charge in [-0.25, -0.2) is 4.68 Å². The summed E-state index contributed by atoms with van der Waals surface area (Å²) < 4.78 is 1.72. The van der Waals surface area contributed by atoms with E-state index in [9.17, 15) is 0 Å². The Balaban J connectivity index is 2.28. The number of nitrogens with two attached hydrogens (primary N) is 1. The van der Waals surface area contributed by atoms with Crippen molar-refractivity contribution in [3.63, 3.8) is 0 Å². The largest absolute Gasteiger partial charge is 0.312 e. The molecule has 0 fully saturated rings. The average molecular weight is 190 g/mol. The molecular formula is C10H14N4. The van der Waals surface area contributed by atoms with Gasteiger partial charge in [0.25, 0.3) is 0 Å². The Bertz CT molecular complexity index is 375. The maximum absolute atomic E-state index is 5.52. The van der Waals surface area contributed by atoms with E-state index in [2.05, 4.69) is 34.6 Å². The quantitative estimate of drug-likeness (QED) is 0.759. The fourth-order valence-corrected chi connectivity index (χ4v) is 1.67. The van der Waals surface area contributed by atoms with Gasteiger partial charge in [0.05, 0.1) is 18.1 Å². The highest BCUT2D eigenvalue weighted by molar-refractivity contribution is 5.25. The minimum absolute atomic E-state index is 0.361. The Kier molecular flexibility index (Phi) is 2.45. The molecule has 0 spiro atoms. The van der Waals surface area contributed by atoms with Crippen LogP contribution in [0.1, 0.15) is 23.7 Å². The van der Waals surface area contributed by atoms with Gasteiger partial charge < -0.3 is 5.73 Å². The minimum Gasteiger partial charge on any atom is -0.312 e. The summed E-state index contributed by atoms with van der Waals surface area (Å²) in [6.07, 6.45) is 9.40. The molecule has 0 aliphatic heterocycles. The molecule has 2 rings (SSSR count). The van der Waals surface area contributed by atoms with Gasteiger partial charge in [-0.15, -0.1) is 5.10 Å². The van der Waals surface area contributed by atoms with Crippen LogP contribution in [0.4, 0.5) is 0 Å². The number of hydrogen-bond donors (Lipinski definition) is 1. The molecule has 0 aromatic carbocycles. The van der Waals surface area contributed by atoms with E-state index < -0.39 is 0 Å². The van der Waals surface area contributed by atoms with Gasteiger partial charge in [-0.1, -0.05) is 29.5 Å². The summed E-state index contributed by atoms with van der Waals surface area (Å²) in [5, 5.41) is 8.15. The first-order valence-corrected chi connectivity index (χ1v) is 4.76. The van der Waals surface area contributed by atoms with Crippen LogP contribution in [0.2, 0.25) is 0 Å². The Morgan fingerprint density at radius 2 is 2.43 bits per heavy atom. The molecule has 1 aliphatic rings. The number of aromatic nitrogens is 3. The lowest BCUT2D eigenvalue weighted by Gasteiger charge is -2.10. The number of hydrogen-bond acceptors (Lipinski definition) is 3. The summed E-state index contributed by atoms with van der Waals surface area (Å²) in [5.41, 5.74) is 7.63. The van der Waals surface area contributed by atoms with Gasteiger partial charge in [0.1, 0.15) is 0 Å². The van der Waals surface area contributed by atoms with Crippen molar-refractivity contribution in [3.05, 3.63) is 35.7 Å². The second-order valence-corrected chi connectivity index (χ2v) is 3.40. The summed E-state index contributed by atoms with van der Waals surface area (Å²) >= 11 is 0. The summed E-state index contributed by atoms with van der Waals surface area (Å²) in [4.78, 5) is 0. The zero-order valence-corrected chi connectivity index (χ0v) is 8.22. The van der Waals surface area contributed by atoms with Crippen molar-refractivity contribution in [1.29, 1.82) is 0 Å². The van der Waals surface area contributed by atoms with E-state index in [0.29, 0.717) is 12.6 Å². The molecule has 4 heteroatoms. The molecule has 14 heavy (non-hydrogen) atoms. The van der Waals surface area contributed by atoms with E-state index in [-0.39, 0.29) is 0 Å². The van der Waals surface area contributed by atoms with Gasteiger partial charge in [-0.05, 0) is 13.3 Å². The summed E-state index contributed by atoms with van der Waals surface area (Å²) in [5.74, 6) is 0.361. The molecule has 0 saturated carbocycles.